The molecule has 0 bridgehead atoms. The molecular weight excluding hydrogens is 336 g/mol. The van der Waals surface area contributed by atoms with Crippen molar-refractivity contribution in [1.29, 1.82) is 0 Å². The highest BCUT2D eigenvalue weighted by Gasteiger charge is 2.27. The number of hydrogen-bond acceptors (Lipinski definition) is 3. The zero-order valence-electron chi connectivity index (χ0n) is 15.6. The third-order valence-electron chi connectivity index (χ3n) is 5.83. The van der Waals surface area contributed by atoms with E-state index in [1.54, 1.807) is 0 Å². The van der Waals surface area contributed by atoms with E-state index >= 15 is 0 Å². The number of piperidine rings is 1. The van der Waals surface area contributed by atoms with Crippen LogP contribution in [-0.4, -0.2) is 21.7 Å². The zero-order valence-corrected chi connectivity index (χ0v) is 16.5. The predicted octanol–water partition coefficient (Wildman–Crippen LogP) is 6.23. The van der Waals surface area contributed by atoms with Crippen molar-refractivity contribution in [3.05, 3.63) is 59.8 Å². The molecule has 2 aromatic rings. The molecule has 1 aromatic heterocycles. The lowest BCUT2D eigenvalue weighted by atomic mass is 9.95. The minimum atomic E-state index is 0.517. The maximum absolute atomic E-state index is 4.83. The van der Waals surface area contributed by atoms with Crippen LogP contribution in [0.4, 0.5) is 0 Å². The quantitative estimate of drug-likeness (QED) is 0.623. The largest absolute Gasteiger partial charge is 0.292 e. The molecule has 0 radical (unpaired) electrons. The lowest BCUT2D eigenvalue weighted by Gasteiger charge is -2.37. The summed E-state index contributed by atoms with van der Waals surface area (Å²) in [5, 5.41) is 2.06. The molecule has 1 saturated heterocycles. The Morgan fingerprint density at radius 1 is 0.885 bits per heavy atom. The first-order valence-corrected chi connectivity index (χ1v) is 11.2. The first-order valence-electron chi connectivity index (χ1n) is 10.3. The van der Waals surface area contributed by atoms with Crippen LogP contribution in [0.5, 0.6) is 0 Å². The topological polar surface area (TPSA) is 16.1 Å². The van der Waals surface area contributed by atoms with Gasteiger partial charge in [-0.3, -0.25) is 4.90 Å². The third kappa shape index (κ3) is 4.50. The van der Waals surface area contributed by atoms with E-state index in [4.69, 9.17) is 4.98 Å². The summed E-state index contributed by atoms with van der Waals surface area (Å²) in [6.07, 6.45) is 12.8. The van der Waals surface area contributed by atoms with Crippen LogP contribution < -0.4 is 0 Å². The average molecular weight is 367 g/mol. The molecule has 2 heterocycles. The summed E-state index contributed by atoms with van der Waals surface area (Å²) in [6.45, 7) is 2.25. The van der Waals surface area contributed by atoms with Crippen LogP contribution >= 0.6 is 11.8 Å². The van der Waals surface area contributed by atoms with Gasteiger partial charge in [-0.15, -0.1) is 11.8 Å². The molecule has 26 heavy (non-hydrogen) atoms. The second kappa shape index (κ2) is 9.05. The van der Waals surface area contributed by atoms with Gasteiger partial charge in [0, 0.05) is 29.6 Å². The molecule has 1 saturated carbocycles. The van der Waals surface area contributed by atoms with Crippen LogP contribution in [0.2, 0.25) is 0 Å². The maximum atomic E-state index is 4.83. The Balaban J connectivity index is 1.54. The molecule has 1 aliphatic heterocycles. The number of benzene rings is 1. The maximum Gasteiger partial charge on any atom is 0.101 e. The highest BCUT2D eigenvalue weighted by Crippen LogP contribution is 2.40. The molecule has 138 valence electrons. The van der Waals surface area contributed by atoms with E-state index in [1.165, 1.54) is 74.1 Å². The second-order valence-corrected chi connectivity index (χ2v) is 9.03. The second-order valence-electron chi connectivity index (χ2n) is 7.74. The van der Waals surface area contributed by atoms with Gasteiger partial charge in [0.2, 0.25) is 0 Å². The summed E-state index contributed by atoms with van der Waals surface area (Å²) in [4.78, 5) is 7.51. The summed E-state index contributed by atoms with van der Waals surface area (Å²) in [5.74, 6) is 0. The summed E-state index contributed by atoms with van der Waals surface area (Å²) in [7, 11) is 0. The van der Waals surface area contributed by atoms with E-state index in [1.807, 2.05) is 6.20 Å². The van der Waals surface area contributed by atoms with E-state index in [-0.39, 0.29) is 0 Å². The zero-order chi connectivity index (χ0) is 17.6. The summed E-state index contributed by atoms with van der Waals surface area (Å²) < 4.78 is 0. The Labute approximate surface area is 162 Å². The molecule has 2 aliphatic rings. The predicted molar refractivity (Wildman–Crippen MR) is 110 cm³/mol. The van der Waals surface area contributed by atoms with Crippen molar-refractivity contribution < 1.29 is 0 Å². The first kappa shape index (κ1) is 18.1. The Morgan fingerprint density at radius 3 is 2.54 bits per heavy atom. The fourth-order valence-electron chi connectivity index (χ4n) is 4.45. The first-order chi connectivity index (χ1) is 12.9. The summed E-state index contributed by atoms with van der Waals surface area (Å²) >= 11 is 2.06. The Hall–Kier alpha value is -1.32. The smallest absolute Gasteiger partial charge is 0.101 e. The molecule has 0 spiro atoms. The van der Waals surface area contributed by atoms with Crippen molar-refractivity contribution in [3.63, 3.8) is 0 Å². The molecule has 4 rings (SSSR count). The molecule has 2 fully saturated rings. The minimum absolute atomic E-state index is 0.517. The van der Waals surface area contributed by atoms with Gasteiger partial charge >= 0.3 is 0 Å². The van der Waals surface area contributed by atoms with Crippen molar-refractivity contribution in [1.82, 2.24) is 9.88 Å². The Kier molecular flexibility index (Phi) is 6.29. The van der Waals surface area contributed by atoms with Gasteiger partial charge in [0.15, 0.2) is 0 Å². The van der Waals surface area contributed by atoms with Gasteiger partial charge in [-0.1, -0.05) is 62.1 Å². The van der Waals surface area contributed by atoms with Crippen LogP contribution in [0.25, 0.3) is 0 Å². The number of rotatable bonds is 5. The number of hydrogen-bond donors (Lipinski definition) is 0. The fourth-order valence-corrected chi connectivity index (χ4v) is 5.79. The lowest BCUT2D eigenvalue weighted by Crippen LogP contribution is -2.33. The van der Waals surface area contributed by atoms with E-state index in [0.717, 1.165) is 11.8 Å². The van der Waals surface area contributed by atoms with Gasteiger partial charge in [0.25, 0.3) is 0 Å². The molecule has 3 heteroatoms. The van der Waals surface area contributed by atoms with Gasteiger partial charge in [0.05, 0.1) is 0 Å². The van der Waals surface area contributed by atoms with Crippen molar-refractivity contribution >= 4 is 11.8 Å². The van der Waals surface area contributed by atoms with E-state index < -0.39 is 0 Å². The van der Waals surface area contributed by atoms with E-state index in [2.05, 4.69) is 59.1 Å². The number of thioether (sulfide) groups is 1. The van der Waals surface area contributed by atoms with Crippen LogP contribution in [-0.2, 0) is 6.54 Å². The van der Waals surface area contributed by atoms with E-state index in [9.17, 15) is 0 Å². The highest BCUT2D eigenvalue weighted by atomic mass is 32.2. The third-order valence-corrected chi connectivity index (χ3v) is 7.20. The number of pyridine rings is 1. The lowest BCUT2D eigenvalue weighted by molar-refractivity contribution is 0.138. The Bertz CT molecular complexity index is 682. The SMILES string of the molecule is c1ccc(CN2CCCC[C@@H]2c2cccnc2SC2CCCCC2)cc1. The van der Waals surface area contributed by atoms with Gasteiger partial charge in [-0.2, -0.15) is 0 Å². The standard InChI is InChI=1S/C23H30N2S/c1-3-10-19(11-4-1)18-25-17-8-7-15-22(25)21-14-9-16-24-23(21)26-20-12-5-2-6-13-20/h1,3-4,9-11,14,16,20,22H,2,5-8,12-13,15,17-18H2/t22-/m1/s1. The van der Waals surface area contributed by atoms with Gasteiger partial charge in [0.1, 0.15) is 5.03 Å². The van der Waals surface area contributed by atoms with Crippen LogP contribution in [0.1, 0.15) is 68.5 Å². The summed E-state index contributed by atoms with van der Waals surface area (Å²) in [6, 6.07) is 15.9. The van der Waals surface area contributed by atoms with Crippen LogP contribution in [0.15, 0.2) is 53.7 Å². The molecular formula is C23H30N2S. The van der Waals surface area contributed by atoms with Crippen molar-refractivity contribution in [2.75, 3.05) is 6.54 Å². The minimum Gasteiger partial charge on any atom is -0.292 e. The molecule has 1 aromatic carbocycles. The van der Waals surface area contributed by atoms with Gasteiger partial charge in [-0.05, 0) is 43.9 Å². The normalized spacial score (nSPS) is 22.4. The number of aromatic nitrogens is 1. The fraction of sp³-hybridized carbons (Fsp3) is 0.522. The van der Waals surface area contributed by atoms with Crippen LogP contribution in [0.3, 0.4) is 0 Å². The highest BCUT2D eigenvalue weighted by molar-refractivity contribution is 7.99. The molecule has 0 unspecified atom stereocenters. The molecule has 1 atom stereocenters. The average Bonchev–Trinajstić information content (AvgIpc) is 2.71. The number of nitrogens with zero attached hydrogens (tertiary/aromatic N) is 2. The monoisotopic (exact) mass is 366 g/mol. The van der Waals surface area contributed by atoms with Crippen molar-refractivity contribution in [3.8, 4) is 0 Å². The van der Waals surface area contributed by atoms with Gasteiger partial charge in [-0.25, -0.2) is 4.98 Å². The van der Waals surface area contributed by atoms with E-state index in [0.29, 0.717) is 6.04 Å². The molecule has 2 nitrogen and oxygen atoms in total. The van der Waals surface area contributed by atoms with Crippen molar-refractivity contribution in [2.24, 2.45) is 0 Å². The molecule has 0 N–H and O–H groups in total. The molecule has 1 aliphatic carbocycles. The van der Waals surface area contributed by atoms with Crippen molar-refractivity contribution in [2.45, 2.75) is 74.2 Å². The number of likely N-dealkylation sites (tertiary alicyclic amines) is 1. The van der Waals surface area contributed by atoms with Gasteiger partial charge < -0.3 is 0 Å². The molecule has 0 amide bonds. The van der Waals surface area contributed by atoms with Crippen LogP contribution in [0, 0.1) is 0 Å². The summed E-state index contributed by atoms with van der Waals surface area (Å²) in [5.41, 5.74) is 2.89. The Morgan fingerprint density at radius 2 is 1.69 bits per heavy atom.